The molecule has 1 aliphatic heterocycles. The highest BCUT2D eigenvalue weighted by Gasteiger charge is 2.31. The SMILES string of the molecule is C[C@@H](C(=O)Nc1ccc(F)cc1)[NH+]1CCC(c2nc3ccccc3s2)CC1. The molecule has 1 aromatic heterocycles. The molecule has 4 rings (SSSR count). The molecular formula is C21H23FN3OS+. The minimum atomic E-state index is -0.302. The molecule has 1 saturated heterocycles. The van der Waals surface area contributed by atoms with Gasteiger partial charge in [0.15, 0.2) is 6.04 Å². The van der Waals surface area contributed by atoms with Crippen LogP contribution in [0.25, 0.3) is 10.2 Å². The summed E-state index contributed by atoms with van der Waals surface area (Å²) in [4.78, 5) is 18.6. The van der Waals surface area contributed by atoms with Crippen molar-refractivity contribution in [3.8, 4) is 0 Å². The average molecular weight is 385 g/mol. The lowest BCUT2D eigenvalue weighted by Crippen LogP contribution is -3.17. The van der Waals surface area contributed by atoms with E-state index in [1.807, 2.05) is 13.0 Å². The van der Waals surface area contributed by atoms with Gasteiger partial charge in [0.25, 0.3) is 5.91 Å². The summed E-state index contributed by atoms with van der Waals surface area (Å²) in [5.74, 6) is 0.164. The molecule has 6 heteroatoms. The van der Waals surface area contributed by atoms with Gasteiger partial charge in [0, 0.05) is 24.4 Å². The van der Waals surface area contributed by atoms with Gasteiger partial charge in [0.2, 0.25) is 0 Å². The van der Waals surface area contributed by atoms with E-state index in [0.717, 1.165) is 31.4 Å². The van der Waals surface area contributed by atoms with Crippen LogP contribution < -0.4 is 10.2 Å². The summed E-state index contributed by atoms with van der Waals surface area (Å²) < 4.78 is 14.2. The van der Waals surface area contributed by atoms with E-state index in [0.29, 0.717) is 11.6 Å². The van der Waals surface area contributed by atoms with Crippen LogP contribution in [0.5, 0.6) is 0 Å². The molecule has 0 bridgehead atoms. The van der Waals surface area contributed by atoms with Crippen LogP contribution in [0, 0.1) is 5.82 Å². The molecule has 2 N–H and O–H groups in total. The summed E-state index contributed by atoms with van der Waals surface area (Å²) in [5.41, 5.74) is 1.72. The monoisotopic (exact) mass is 384 g/mol. The smallest absolute Gasteiger partial charge is 0.282 e. The molecule has 27 heavy (non-hydrogen) atoms. The van der Waals surface area contributed by atoms with Crippen LogP contribution >= 0.6 is 11.3 Å². The molecule has 1 fully saturated rings. The van der Waals surface area contributed by atoms with Gasteiger partial charge < -0.3 is 10.2 Å². The van der Waals surface area contributed by atoms with Crippen molar-refractivity contribution in [1.29, 1.82) is 0 Å². The normalized spacial score (nSPS) is 21.1. The van der Waals surface area contributed by atoms with E-state index in [1.54, 1.807) is 23.5 Å². The van der Waals surface area contributed by atoms with Crippen molar-refractivity contribution in [2.75, 3.05) is 18.4 Å². The fraction of sp³-hybridized carbons (Fsp3) is 0.333. The number of hydrogen-bond acceptors (Lipinski definition) is 3. The number of thiazole rings is 1. The second-order valence-corrected chi connectivity index (χ2v) is 8.23. The number of aromatic nitrogens is 1. The van der Waals surface area contributed by atoms with Gasteiger partial charge in [-0.15, -0.1) is 11.3 Å². The van der Waals surface area contributed by atoms with Gasteiger partial charge in [0.1, 0.15) is 5.82 Å². The molecule has 1 amide bonds. The van der Waals surface area contributed by atoms with Gasteiger partial charge in [-0.3, -0.25) is 4.79 Å². The number of benzene rings is 2. The van der Waals surface area contributed by atoms with Crippen LogP contribution in [0.3, 0.4) is 0 Å². The maximum Gasteiger partial charge on any atom is 0.282 e. The van der Waals surface area contributed by atoms with E-state index < -0.39 is 0 Å². The number of hydrogen-bond donors (Lipinski definition) is 2. The van der Waals surface area contributed by atoms with Gasteiger partial charge in [0.05, 0.1) is 28.3 Å². The third kappa shape index (κ3) is 4.01. The lowest BCUT2D eigenvalue weighted by molar-refractivity contribution is -0.919. The van der Waals surface area contributed by atoms with Crippen molar-refractivity contribution in [3.63, 3.8) is 0 Å². The standard InChI is InChI=1S/C21H22FN3OS/c1-14(20(26)23-17-8-6-16(22)7-9-17)25-12-10-15(11-13-25)21-24-18-4-2-3-5-19(18)27-21/h2-9,14-15H,10-13H2,1H3,(H,23,26)/p+1/t14-/m0/s1. The zero-order chi connectivity index (χ0) is 18.8. The Balaban J connectivity index is 1.35. The number of amides is 1. The first-order chi connectivity index (χ1) is 13.1. The number of para-hydroxylation sites is 1. The number of carbonyl (C=O) groups excluding carboxylic acids is 1. The summed E-state index contributed by atoms with van der Waals surface area (Å²) >= 11 is 1.79. The minimum absolute atomic E-state index is 0.0185. The molecule has 3 aromatic rings. The van der Waals surface area contributed by atoms with Gasteiger partial charge in [-0.2, -0.15) is 0 Å². The third-order valence-electron chi connectivity index (χ3n) is 5.40. The van der Waals surface area contributed by atoms with Crippen LogP contribution in [0.4, 0.5) is 10.1 Å². The van der Waals surface area contributed by atoms with Gasteiger partial charge in [-0.05, 0) is 43.3 Å². The van der Waals surface area contributed by atoms with Gasteiger partial charge in [-0.1, -0.05) is 12.1 Å². The van der Waals surface area contributed by atoms with Crippen LogP contribution in [-0.2, 0) is 4.79 Å². The third-order valence-corrected chi connectivity index (χ3v) is 6.60. The van der Waals surface area contributed by atoms with E-state index in [-0.39, 0.29) is 17.8 Å². The van der Waals surface area contributed by atoms with Crippen LogP contribution in [0.1, 0.15) is 30.7 Å². The van der Waals surface area contributed by atoms with Gasteiger partial charge >= 0.3 is 0 Å². The number of rotatable bonds is 4. The van der Waals surface area contributed by atoms with E-state index in [1.165, 1.54) is 26.7 Å². The molecule has 0 radical (unpaired) electrons. The Morgan fingerprint density at radius 3 is 2.59 bits per heavy atom. The van der Waals surface area contributed by atoms with Crippen molar-refractivity contribution < 1.29 is 14.1 Å². The predicted molar refractivity (Wildman–Crippen MR) is 107 cm³/mol. The summed E-state index contributed by atoms with van der Waals surface area (Å²) in [6.45, 7) is 3.88. The van der Waals surface area contributed by atoms with Crippen LogP contribution in [-0.4, -0.2) is 30.0 Å². The molecule has 1 aliphatic rings. The molecule has 0 spiro atoms. The Morgan fingerprint density at radius 2 is 1.89 bits per heavy atom. The molecule has 1 atom stereocenters. The predicted octanol–water partition coefficient (Wildman–Crippen LogP) is 3.22. The number of likely N-dealkylation sites (tertiary alicyclic amines) is 1. The molecule has 0 unspecified atom stereocenters. The van der Waals surface area contributed by atoms with Crippen molar-refractivity contribution >= 4 is 33.1 Å². The highest BCUT2D eigenvalue weighted by atomic mass is 32.1. The van der Waals surface area contributed by atoms with Crippen molar-refractivity contribution in [3.05, 3.63) is 59.4 Å². The molecular weight excluding hydrogens is 361 g/mol. The second-order valence-electron chi connectivity index (χ2n) is 7.17. The van der Waals surface area contributed by atoms with E-state index in [4.69, 9.17) is 4.98 Å². The number of nitrogens with one attached hydrogen (secondary N) is 2. The second kappa shape index (κ2) is 7.74. The van der Waals surface area contributed by atoms with Crippen molar-refractivity contribution in [1.82, 2.24) is 4.98 Å². The van der Waals surface area contributed by atoms with Crippen LogP contribution in [0.15, 0.2) is 48.5 Å². The lowest BCUT2D eigenvalue weighted by Gasteiger charge is -2.31. The first-order valence-corrected chi connectivity index (χ1v) is 10.2. The molecule has 140 valence electrons. The fourth-order valence-electron chi connectivity index (χ4n) is 3.70. The molecule has 2 aromatic carbocycles. The number of fused-ring (bicyclic) bond motifs is 1. The Kier molecular flexibility index (Phi) is 5.18. The molecule has 4 nitrogen and oxygen atoms in total. The fourth-order valence-corrected chi connectivity index (χ4v) is 4.84. The van der Waals surface area contributed by atoms with Crippen molar-refractivity contribution in [2.24, 2.45) is 0 Å². The first kappa shape index (κ1) is 18.1. The summed E-state index contributed by atoms with van der Waals surface area (Å²) in [6, 6.07) is 14.0. The van der Waals surface area contributed by atoms with Gasteiger partial charge in [-0.25, -0.2) is 9.37 Å². The largest absolute Gasteiger partial charge is 0.325 e. The summed E-state index contributed by atoms with van der Waals surface area (Å²) in [7, 11) is 0. The number of nitrogens with zero attached hydrogens (tertiary/aromatic N) is 1. The van der Waals surface area contributed by atoms with E-state index in [9.17, 15) is 9.18 Å². The number of carbonyl (C=O) groups is 1. The Morgan fingerprint density at radius 1 is 1.19 bits per heavy atom. The first-order valence-electron chi connectivity index (χ1n) is 9.36. The quantitative estimate of drug-likeness (QED) is 0.726. The topological polar surface area (TPSA) is 46.4 Å². The highest BCUT2D eigenvalue weighted by Crippen LogP contribution is 2.31. The van der Waals surface area contributed by atoms with E-state index in [2.05, 4.69) is 23.5 Å². The maximum absolute atomic E-state index is 13.0. The van der Waals surface area contributed by atoms with Crippen LogP contribution in [0.2, 0.25) is 0 Å². The Hall–Kier alpha value is -2.31. The highest BCUT2D eigenvalue weighted by molar-refractivity contribution is 7.18. The number of halogens is 1. The Labute approximate surface area is 162 Å². The number of piperidine rings is 1. The molecule has 2 heterocycles. The number of anilines is 1. The van der Waals surface area contributed by atoms with E-state index >= 15 is 0 Å². The summed E-state index contributed by atoms with van der Waals surface area (Å²) in [5, 5.41) is 4.11. The molecule has 0 aliphatic carbocycles. The van der Waals surface area contributed by atoms with Crippen molar-refractivity contribution in [2.45, 2.75) is 31.7 Å². The minimum Gasteiger partial charge on any atom is -0.325 e. The lowest BCUT2D eigenvalue weighted by atomic mass is 9.96. The zero-order valence-electron chi connectivity index (χ0n) is 15.2. The molecule has 0 saturated carbocycles. The zero-order valence-corrected chi connectivity index (χ0v) is 16.1. The Bertz CT molecular complexity index is 899. The number of quaternary nitrogens is 1. The summed E-state index contributed by atoms with van der Waals surface area (Å²) in [6.07, 6.45) is 2.09. The average Bonchev–Trinajstić information content (AvgIpc) is 3.13. The maximum atomic E-state index is 13.0.